The molecule has 0 bridgehead atoms. The summed E-state index contributed by atoms with van der Waals surface area (Å²) in [5, 5.41) is 12.8. The number of thioether (sulfide) groups is 1. The summed E-state index contributed by atoms with van der Waals surface area (Å²) in [7, 11) is 0. The van der Waals surface area contributed by atoms with Crippen molar-refractivity contribution in [1.82, 2.24) is 9.55 Å². The van der Waals surface area contributed by atoms with Gasteiger partial charge >= 0.3 is 0 Å². The zero-order chi connectivity index (χ0) is 20.9. The molecule has 7 heteroatoms. The molecule has 146 valence electrons. The third kappa shape index (κ3) is 4.09. The molecule has 0 aliphatic carbocycles. The van der Waals surface area contributed by atoms with Crippen LogP contribution in [0.3, 0.4) is 0 Å². The minimum absolute atomic E-state index is 0.0932. The first kappa shape index (κ1) is 19.4. The number of hydrogen-bond acceptors (Lipinski definition) is 5. The number of nitrogens with one attached hydrogen (secondary N) is 1. The molecule has 0 unspecified atom stereocenters. The Kier molecular flexibility index (Phi) is 5.59. The third-order valence-corrected chi connectivity index (χ3v) is 5.33. The lowest BCUT2D eigenvalue weighted by molar-refractivity contribution is -0.113. The number of carbonyl (C=O) groups excluding carboxylic acids is 1. The molecule has 0 spiro atoms. The van der Waals surface area contributed by atoms with Gasteiger partial charge in [0.05, 0.1) is 34.0 Å². The molecule has 1 N–H and O–H groups in total. The van der Waals surface area contributed by atoms with Crippen LogP contribution in [-0.4, -0.2) is 21.2 Å². The molecular formula is C23H16N4O2S. The Bertz CT molecular complexity index is 1310. The summed E-state index contributed by atoms with van der Waals surface area (Å²) in [6, 6.07) is 25.0. The molecule has 3 aromatic carbocycles. The predicted molar refractivity (Wildman–Crippen MR) is 118 cm³/mol. The van der Waals surface area contributed by atoms with Gasteiger partial charge in [-0.1, -0.05) is 42.1 Å². The second kappa shape index (κ2) is 8.64. The second-order valence-electron chi connectivity index (χ2n) is 6.41. The highest BCUT2D eigenvalue weighted by atomic mass is 32.2. The van der Waals surface area contributed by atoms with E-state index in [2.05, 4.69) is 16.4 Å². The largest absolute Gasteiger partial charge is 0.325 e. The van der Waals surface area contributed by atoms with Gasteiger partial charge in [-0.25, -0.2) is 4.98 Å². The number of amides is 1. The molecule has 0 atom stereocenters. The molecule has 30 heavy (non-hydrogen) atoms. The van der Waals surface area contributed by atoms with Crippen LogP contribution < -0.4 is 10.9 Å². The summed E-state index contributed by atoms with van der Waals surface area (Å²) in [5.41, 5.74) is 2.13. The average Bonchev–Trinajstić information content (AvgIpc) is 2.79. The Hall–Kier alpha value is -3.89. The number of rotatable bonds is 5. The fourth-order valence-corrected chi connectivity index (χ4v) is 3.78. The van der Waals surface area contributed by atoms with Gasteiger partial charge in [-0.3, -0.25) is 14.2 Å². The molecular weight excluding hydrogens is 396 g/mol. The van der Waals surface area contributed by atoms with Crippen molar-refractivity contribution in [3.05, 3.63) is 94.8 Å². The lowest BCUT2D eigenvalue weighted by Crippen LogP contribution is -2.23. The Morgan fingerprint density at radius 2 is 1.70 bits per heavy atom. The van der Waals surface area contributed by atoms with E-state index in [1.807, 2.05) is 36.4 Å². The number of para-hydroxylation sites is 2. The normalized spacial score (nSPS) is 10.5. The molecule has 4 aromatic rings. The average molecular weight is 412 g/mol. The Labute approximate surface area is 176 Å². The summed E-state index contributed by atoms with van der Waals surface area (Å²) < 4.78 is 1.48. The molecule has 4 rings (SSSR count). The van der Waals surface area contributed by atoms with Crippen molar-refractivity contribution in [2.75, 3.05) is 11.1 Å². The topological polar surface area (TPSA) is 87.8 Å². The predicted octanol–water partition coefficient (Wildman–Crippen LogP) is 3.99. The highest BCUT2D eigenvalue weighted by Gasteiger charge is 2.15. The van der Waals surface area contributed by atoms with E-state index in [4.69, 9.17) is 5.26 Å². The molecule has 0 aliphatic heterocycles. The molecule has 6 nitrogen and oxygen atoms in total. The first-order valence-electron chi connectivity index (χ1n) is 9.16. The summed E-state index contributed by atoms with van der Waals surface area (Å²) in [6.45, 7) is 0. The van der Waals surface area contributed by atoms with Gasteiger partial charge in [0.15, 0.2) is 5.16 Å². The zero-order valence-electron chi connectivity index (χ0n) is 15.8. The van der Waals surface area contributed by atoms with E-state index in [1.54, 1.807) is 42.5 Å². The van der Waals surface area contributed by atoms with Crippen molar-refractivity contribution >= 4 is 34.3 Å². The lowest BCUT2D eigenvalue weighted by Gasteiger charge is -2.13. The van der Waals surface area contributed by atoms with E-state index in [0.29, 0.717) is 33.0 Å². The van der Waals surface area contributed by atoms with Gasteiger partial charge in [0.25, 0.3) is 5.56 Å². The number of nitriles is 1. The summed E-state index contributed by atoms with van der Waals surface area (Å²) in [6.07, 6.45) is 0. The van der Waals surface area contributed by atoms with Crippen LogP contribution in [-0.2, 0) is 4.79 Å². The molecule has 0 saturated carbocycles. The van der Waals surface area contributed by atoms with Crippen LogP contribution in [0.25, 0.3) is 16.6 Å². The van der Waals surface area contributed by atoms with Crippen LogP contribution in [0.1, 0.15) is 5.56 Å². The highest BCUT2D eigenvalue weighted by Crippen LogP contribution is 2.22. The smallest absolute Gasteiger partial charge is 0.266 e. The van der Waals surface area contributed by atoms with Crippen molar-refractivity contribution in [1.29, 1.82) is 5.26 Å². The van der Waals surface area contributed by atoms with E-state index >= 15 is 0 Å². The number of anilines is 1. The number of carbonyl (C=O) groups is 1. The monoisotopic (exact) mass is 412 g/mol. The maximum Gasteiger partial charge on any atom is 0.266 e. The minimum Gasteiger partial charge on any atom is -0.325 e. The van der Waals surface area contributed by atoms with Gasteiger partial charge in [0.2, 0.25) is 5.91 Å². The van der Waals surface area contributed by atoms with E-state index < -0.39 is 0 Å². The van der Waals surface area contributed by atoms with Crippen molar-refractivity contribution in [3.8, 4) is 11.8 Å². The van der Waals surface area contributed by atoms with Gasteiger partial charge in [-0.15, -0.1) is 0 Å². The number of hydrogen-bond donors (Lipinski definition) is 1. The Balaban J connectivity index is 1.69. The second-order valence-corrected chi connectivity index (χ2v) is 7.36. The fraction of sp³-hybridized carbons (Fsp3) is 0.0435. The first-order valence-corrected chi connectivity index (χ1v) is 10.1. The third-order valence-electron chi connectivity index (χ3n) is 4.39. The number of benzene rings is 3. The van der Waals surface area contributed by atoms with Crippen LogP contribution in [0, 0.1) is 11.3 Å². The maximum atomic E-state index is 13.2. The molecule has 1 aromatic heterocycles. The van der Waals surface area contributed by atoms with Gasteiger partial charge in [-0.05, 0) is 48.5 Å². The van der Waals surface area contributed by atoms with Crippen LogP contribution in [0.4, 0.5) is 5.69 Å². The Morgan fingerprint density at radius 3 is 2.43 bits per heavy atom. The maximum absolute atomic E-state index is 13.2. The summed E-state index contributed by atoms with van der Waals surface area (Å²) in [5.74, 6) is -0.101. The summed E-state index contributed by atoms with van der Waals surface area (Å²) in [4.78, 5) is 30.2. The van der Waals surface area contributed by atoms with Crippen LogP contribution in [0.15, 0.2) is 88.8 Å². The van der Waals surface area contributed by atoms with E-state index in [-0.39, 0.29) is 17.2 Å². The molecule has 1 heterocycles. The quantitative estimate of drug-likeness (QED) is 0.396. The first-order chi connectivity index (χ1) is 14.7. The number of fused-ring (bicyclic) bond motifs is 1. The van der Waals surface area contributed by atoms with Crippen molar-refractivity contribution in [2.24, 2.45) is 0 Å². The fourth-order valence-electron chi connectivity index (χ4n) is 2.97. The number of nitrogens with zero attached hydrogens (tertiary/aromatic N) is 3. The number of aromatic nitrogens is 2. The Morgan fingerprint density at radius 1 is 1.00 bits per heavy atom. The van der Waals surface area contributed by atoms with Crippen molar-refractivity contribution in [3.63, 3.8) is 0 Å². The van der Waals surface area contributed by atoms with Crippen molar-refractivity contribution in [2.45, 2.75) is 5.16 Å². The van der Waals surface area contributed by atoms with E-state index in [1.165, 1.54) is 16.3 Å². The molecule has 0 aliphatic rings. The van der Waals surface area contributed by atoms with E-state index in [9.17, 15) is 9.59 Å². The van der Waals surface area contributed by atoms with Gasteiger partial charge < -0.3 is 5.32 Å². The minimum atomic E-state index is -0.226. The van der Waals surface area contributed by atoms with Crippen molar-refractivity contribution < 1.29 is 4.79 Å². The van der Waals surface area contributed by atoms with Gasteiger partial charge in [0.1, 0.15) is 0 Å². The van der Waals surface area contributed by atoms with E-state index in [0.717, 1.165) is 0 Å². The molecule has 0 radical (unpaired) electrons. The van der Waals surface area contributed by atoms with Crippen LogP contribution in [0.2, 0.25) is 0 Å². The molecule has 0 saturated heterocycles. The van der Waals surface area contributed by atoms with Crippen LogP contribution >= 0.6 is 11.8 Å². The van der Waals surface area contributed by atoms with Gasteiger partial charge in [0, 0.05) is 5.69 Å². The highest BCUT2D eigenvalue weighted by molar-refractivity contribution is 7.99. The van der Waals surface area contributed by atoms with Crippen LogP contribution in [0.5, 0.6) is 0 Å². The SMILES string of the molecule is N#Cc1ccc(-n2c(SCC(=O)Nc3ccccc3)nc3ccccc3c2=O)cc1. The standard InChI is InChI=1S/C23H16N4O2S/c24-14-16-10-12-18(13-11-16)27-22(29)19-8-4-5-9-20(19)26-23(27)30-15-21(28)25-17-6-2-1-3-7-17/h1-13H,15H2,(H,25,28). The molecule has 0 fully saturated rings. The van der Waals surface area contributed by atoms with Gasteiger partial charge in [-0.2, -0.15) is 5.26 Å². The lowest BCUT2D eigenvalue weighted by atomic mass is 10.2. The zero-order valence-corrected chi connectivity index (χ0v) is 16.6. The molecule has 1 amide bonds. The summed E-state index contributed by atoms with van der Waals surface area (Å²) >= 11 is 1.18.